The summed E-state index contributed by atoms with van der Waals surface area (Å²) in [6, 6.07) is 14.6. The minimum Gasteiger partial charge on any atom is -0.375 e. The van der Waals surface area contributed by atoms with Gasteiger partial charge in [-0.3, -0.25) is 4.79 Å². The number of imidazole rings is 1. The van der Waals surface area contributed by atoms with E-state index in [-0.39, 0.29) is 29.9 Å². The fraction of sp³-hybridized carbons (Fsp3) is 0.385. The molecule has 6 nitrogen and oxygen atoms in total. The van der Waals surface area contributed by atoms with Crippen molar-refractivity contribution in [3.63, 3.8) is 0 Å². The van der Waals surface area contributed by atoms with Crippen molar-refractivity contribution in [2.75, 3.05) is 26.2 Å². The van der Waals surface area contributed by atoms with Gasteiger partial charge in [-0.2, -0.15) is 0 Å². The van der Waals surface area contributed by atoms with E-state index >= 15 is 0 Å². The Kier molecular flexibility index (Phi) is 6.24. The van der Waals surface area contributed by atoms with Gasteiger partial charge in [-0.25, -0.2) is 9.37 Å². The number of likely N-dealkylation sites (tertiary alicyclic amines) is 1. The lowest BCUT2D eigenvalue weighted by Crippen LogP contribution is -2.53. The maximum Gasteiger partial charge on any atom is 0.272 e. The number of aromatic nitrogens is 2. The molecule has 2 aliphatic rings. The first-order chi connectivity index (χ1) is 16.1. The number of hydrogen-bond donors (Lipinski definition) is 1. The largest absolute Gasteiger partial charge is 0.375 e. The highest BCUT2D eigenvalue weighted by Gasteiger charge is 2.33. The highest BCUT2D eigenvalue weighted by molar-refractivity contribution is 5.92. The van der Waals surface area contributed by atoms with Crippen molar-refractivity contribution in [2.24, 2.45) is 0 Å². The zero-order valence-corrected chi connectivity index (χ0v) is 18.8. The normalized spacial score (nSPS) is 21.8. The van der Waals surface area contributed by atoms with Gasteiger partial charge in [0.1, 0.15) is 11.5 Å². The van der Waals surface area contributed by atoms with Gasteiger partial charge in [-0.15, -0.1) is 0 Å². The molecule has 0 saturated carbocycles. The molecule has 7 heteroatoms. The van der Waals surface area contributed by atoms with Crippen LogP contribution >= 0.6 is 0 Å². The first-order valence-electron chi connectivity index (χ1n) is 11.6. The summed E-state index contributed by atoms with van der Waals surface area (Å²) in [6.45, 7) is 4.96. The van der Waals surface area contributed by atoms with E-state index in [0.717, 1.165) is 42.7 Å². The predicted octanol–water partition coefficient (Wildman–Crippen LogP) is 3.89. The number of ether oxygens (including phenoxy) is 1. The Labute approximate surface area is 193 Å². The molecular formula is C26H29FN4O2. The number of morpholine rings is 1. The Hall–Kier alpha value is -3.03. The van der Waals surface area contributed by atoms with Crippen LogP contribution < -0.4 is 5.32 Å². The van der Waals surface area contributed by atoms with Crippen molar-refractivity contribution in [1.29, 1.82) is 0 Å². The van der Waals surface area contributed by atoms with Crippen molar-refractivity contribution in [1.82, 2.24) is 19.8 Å². The highest BCUT2D eigenvalue weighted by Crippen LogP contribution is 2.31. The SMILES string of the molecule is CC(c1ccccc1-c1ccc(F)cc1)n1cncc1C(=O)N1CCCC2OCCNC2C1. The van der Waals surface area contributed by atoms with Crippen LogP contribution in [0.4, 0.5) is 4.39 Å². The molecule has 0 aliphatic carbocycles. The van der Waals surface area contributed by atoms with E-state index in [1.165, 1.54) is 12.1 Å². The second-order valence-electron chi connectivity index (χ2n) is 8.82. The van der Waals surface area contributed by atoms with Gasteiger partial charge in [0.2, 0.25) is 0 Å². The second-order valence-corrected chi connectivity index (χ2v) is 8.82. The minimum absolute atomic E-state index is 0.00774. The van der Waals surface area contributed by atoms with E-state index in [2.05, 4.69) is 23.3 Å². The maximum absolute atomic E-state index is 13.6. The van der Waals surface area contributed by atoms with Gasteiger partial charge in [-0.1, -0.05) is 36.4 Å². The minimum atomic E-state index is -0.260. The van der Waals surface area contributed by atoms with Gasteiger partial charge in [0.05, 0.1) is 37.3 Å². The van der Waals surface area contributed by atoms with E-state index < -0.39 is 0 Å². The summed E-state index contributed by atoms with van der Waals surface area (Å²) in [5.41, 5.74) is 3.58. The smallest absolute Gasteiger partial charge is 0.272 e. The van der Waals surface area contributed by atoms with Crippen LogP contribution in [0.2, 0.25) is 0 Å². The fourth-order valence-corrected chi connectivity index (χ4v) is 5.01. The number of carbonyl (C=O) groups is 1. The van der Waals surface area contributed by atoms with E-state index in [0.29, 0.717) is 18.8 Å². The third-order valence-electron chi connectivity index (χ3n) is 6.78. The van der Waals surface area contributed by atoms with Crippen molar-refractivity contribution >= 4 is 5.91 Å². The third-order valence-corrected chi connectivity index (χ3v) is 6.78. The molecule has 1 N–H and O–H groups in total. The van der Waals surface area contributed by atoms with Crippen molar-refractivity contribution in [3.05, 3.63) is 78.1 Å². The molecule has 3 atom stereocenters. The molecule has 2 aliphatic heterocycles. The van der Waals surface area contributed by atoms with Crippen LogP contribution in [0, 0.1) is 5.82 Å². The number of hydrogen-bond acceptors (Lipinski definition) is 4. The van der Waals surface area contributed by atoms with Gasteiger partial charge in [0.15, 0.2) is 0 Å². The van der Waals surface area contributed by atoms with E-state index in [9.17, 15) is 9.18 Å². The van der Waals surface area contributed by atoms with E-state index in [1.54, 1.807) is 24.7 Å². The summed E-state index contributed by atoms with van der Waals surface area (Å²) in [7, 11) is 0. The molecule has 0 spiro atoms. The van der Waals surface area contributed by atoms with Crippen molar-refractivity contribution in [3.8, 4) is 11.1 Å². The first kappa shape index (κ1) is 21.8. The molecule has 172 valence electrons. The molecule has 0 bridgehead atoms. The summed E-state index contributed by atoms with van der Waals surface area (Å²) < 4.78 is 21.3. The zero-order chi connectivity index (χ0) is 22.8. The molecule has 0 radical (unpaired) electrons. The quantitative estimate of drug-likeness (QED) is 0.658. The van der Waals surface area contributed by atoms with E-state index in [4.69, 9.17) is 4.74 Å². The van der Waals surface area contributed by atoms with Crippen LogP contribution in [0.1, 0.15) is 41.9 Å². The monoisotopic (exact) mass is 448 g/mol. The number of nitrogens with zero attached hydrogens (tertiary/aromatic N) is 3. The molecule has 3 unspecified atom stereocenters. The number of fused-ring (bicyclic) bond motifs is 1. The fourth-order valence-electron chi connectivity index (χ4n) is 5.01. The topological polar surface area (TPSA) is 59.4 Å². The lowest BCUT2D eigenvalue weighted by atomic mass is 9.95. The molecule has 1 amide bonds. The summed E-state index contributed by atoms with van der Waals surface area (Å²) in [5.74, 6) is -0.268. The second kappa shape index (κ2) is 9.45. The Morgan fingerprint density at radius 3 is 2.88 bits per heavy atom. The third kappa shape index (κ3) is 4.43. The van der Waals surface area contributed by atoms with Gasteiger partial charge in [0, 0.05) is 19.6 Å². The molecule has 33 heavy (non-hydrogen) atoms. The zero-order valence-electron chi connectivity index (χ0n) is 18.8. The van der Waals surface area contributed by atoms with Gasteiger partial charge in [-0.05, 0) is 48.6 Å². The van der Waals surface area contributed by atoms with Crippen LogP contribution in [0.15, 0.2) is 61.1 Å². The van der Waals surface area contributed by atoms with Crippen LogP contribution in [0.3, 0.4) is 0 Å². The number of amides is 1. The molecule has 3 heterocycles. The lowest BCUT2D eigenvalue weighted by Gasteiger charge is -2.33. The molecule has 1 aromatic heterocycles. The number of rotatable bonds is 4. The molecule has 5 rings (SSSR count). The van der Waals surface area contributed by atoms with Crippen molar-refractivity contribution in [2.45, 2.75) is 38.0 Å². The highest BCUT2D eigenvalue weighted by atomic mass is 19.1. The number of benzene rings is 2. The Morgan fingerprint density at radius 1 is 1.21 bits per heavy atom. The van der Waals surface area contributed by atoms with Crippen LogP contribution in [-0.4, -0.2) is 58.7 Å². The molecule has 3 aromatic rings. The van der Waals surface area contributed by atoms with Gasteiger partial charge >= 0.3 is 0 Å². The number of halogens is 1. The Morgan fingerprint density at radius 2 is 2.03 bits per heavy atom. The Bertz CT molecular complexity index is 1110. The Balaban J connectivity index is 1.42. The maximum atomic E-state index is 13.6. The van der Waals surface area contributed by atoms with Gasteiger partial charge < -0.3 is 19.5 Å². The van der Waals surface area contributed by atoms with Crippen molar-refractivity contribution < 1.29 is 13.9 Å². The van der Waals surface area contributed by atoms with Crippen LogP contribution in [0.5, 0.6) is 0 Å². The predicted molar refractivity (Wildman–Crippen MR) is 125 cm³/mol. The summed E-state index contributed by atoms with van der Waals surface area (Å²) >= 11 is 0. The first-order valence-corrected chi connectivity index (χ1v) is 11.6. The van der Waals surface area contributed by atoms with Gasteiger partial charge in [0.25, 0.3) is 5.91 Å². The lowest BCUT2D eigenvalue weighted by molar-refractivity contribution is -0.00749. The molecular weight excluding hydrogens is 419 g/mol. The molecule has 2 aromatic carbocycles. The summed E-state index contributed by atoms with van der Waals surface area (Å²) in [4.78, 5) is 19.9. The summed E-state index contributed by atoms with van der Waals surface area (Å²) in [6.07, 6.45) is 5.44. The standard InChI is InChI=1S/C26H29FN4O2/c1-18(21-5-2-3-6-22(21)19-8-10-20(27)11-9-19)31-17-28-15-24(31)26(32)30-13-4-7-25-23(16-30)29-12-14-33-25/h2-3,5-6,8-11,15,17-18,23,25,29H,4,7,12-14,16H2,1H3. The number of carbonyl (C=O) groups excluding carboxylic acids is 1. The molecule has 2 saturated heterocycles. The van der Waals surface area contributed by atoms with E-state index in [1.807, 2.05) is 27.7 Å². The average molecular weight is 449 g/mol. The molecule has 2 fully saturated rings. The van der Waals surface area contributed by atoms with Crippen LogP contribution in [-0.2, 0) is 4.74 Å². The summed E-state index contributed by atoms with van der Waals surface area (Å²) in [5, 5.41) is 3.52. The number of nitrogens with one attached hydrogen (secondary N) is 1. The van der Waals surface area contributed by atoms with Crippen LogP contribution in [0.25, 0.3) is 11.1 Å². The average Bonchev–Trinajstić information content (AvgIpc) is 3.23.